The van der Waals surface area contributed by atoms with Gasteiger partial charge in [0.2, 0.25) is 0 Å². The fourth-order valence-corrected chi connectivity index (χ4v) is 1.91. The summed E-state index contributed by atoms with van der Waals surface area (Å²) in [6.45, 7) is 5.94. The maximum absolute atomic E-state index is 12.0. The molecule has 0 spiro atoms. The van der Waals surface area contributed by atoms with Crippen LogP contribution in [-0.4, -0.2) is 25.3 Å². The number of benzene rings is 1. The fourth-order valence-electron chi connectivity index (χ4n) is 1.91. The van der Waals surface area contributed by atoms with Crippen LogP contribution in [0.15, 0.2) is 24.3 Å². The van der Waals surface area contributed by atoms with Crippen molar-refractivity contribution < 1.29 is 9.53 Å². The molecule has 1 aliphatic heterocycles. The Labute approximate surface area is 102 Å². The second-order valence-electron chi connectivity index (χ2n) is 4.39. The first kappa shape index (κ1) is 11.9. The number of anilines is 1. The molecule has 1 N–H and O–H groups in total. The van der Waals surface area contributed by atoms with Gasteiger partial charge in [-0.3, -0.25) is 4.90 Å². The van der Waals surface area contributed by atoms with Gasteiger partial charge in [-0.25, -0.2) is 4.79 Å². The molecular formula is C13H18N2O2. The number of ether oxygens (including phenoxy) is 1. The molecule has 0 fully saturated rings. The van der Waals surface area contributed by atoms with E-state index in [-0.39, 0.29) is 12.2 Å². The maximum Gasteiger partial charge on any atom is 0.414 e. The molecule has 1 aromatic rings. The Morgan fingerprint density at radius 3 is 2.94 bits per heavy atom. The molecular weight excluding hydrogens is 216 g/mol. The molecule has 4 heteroatoms. The van der Waals surface area contributed by atoms with E-state index in [4.69, 9.17) is 4.74 Å². The summed E-state index contributed by atoms with van der Waals surface area (Å²) < 4.78 is 5.26. The Morgan fingerprint density at radius 1 is 1.41 bits per heavy atom. The van der Waals surface area contributed by atoms with Crippen LogP contribution in [0.3, 0.4) is 0 Å². The number of carbonyl (C=O) groups excluding carboxylic acids is 1. The van der Waals surface area contributed by atoms with Crippen LogP contribution in [0.1, 0.15) is 19.4 Å². The highest BCUT2D eigenvalue weighted by molar-refractivity contribution is 5.89. The van der Waals surface area contributed by atoms with Gasteiger partial charge >= 0.3 is 6.09 Å². The Balaban J connectivity index is 2.25. The van der Waals surface area contributed by atoms with Gasteiger partial charge in [0.25, 0.3) is 0 Å². The van der Waals surface area contributed by atoms with Crippen LogP contribution < -0.4 is 10.2 Å². The Bertz CT molecular complexity index is 404. The molecule has 0 radical (unpaired) electrons. The van der Waals surface area contributed by atoms with Crippen molar-refractivity contribution >= 4 is 11.8 Å². The highest BCUT2D eigenvalue weighted by atomic mass is 16.6. The van der Waals surface area contributed by atoms with Gasteiger partial charge in [0, 0.05) is 19.6 Å². The number of nitrogens with one attached hydrogen (secondary N) is 1. The van der Waals surface area contributed by atoms with Crippen LogP contribution in [0.5, 0.6) is 0 Å². The predicted octanol–water partition coefficient (Wildman–Crippen LogP) is 2.14. The lowest BCUT2D eigenvalue weighted by atomic mass is 10.1. The van der Waals surface area contributed by atoms with E-state index in [1.165, 1.54) is 0 Å². The third-order valence-electron chi connectivity index (χ3n) is 2.67. The molecule has 0 bridgehead atoms. The number of amides is 1. The fraction of sp³-hybridized carbons (Fsp3) is 0.462. The number of hydrogen-bond donors (Lipinski definition) is 1. The number of fused-ring (bicyclic) bond motifs is 1. The molecule has 0 aliphatic carbocycles. The van der Waals surface area contributed by atoms with E-state index in [1.807, 2.05) is 38.1 Å². The third kappa shape index (κ3) is 2.77. The van der Waals surface area contributed by atoms with Crippen molar-refractivity contribution in [1.82, 2.24) is 5.32 Å². The zero-order chi connectivity index (χ0) is 12.3. The zero-order valence-electron chi connectivity index (χ0n) is 10.3. The van der Waals surface area contributed by atoms with E-state index in [9.17, 15) is 4.79 Å². The number of carbonyl (C=O) groups is 1. The molecule has 1 aromatic carbocycles. The van der Waals surface area contributed by atoms with Gasteiger partial charge in [-0.2, -0.15) is 0 Å². The lowest BCUT2D eigenvalue weighted by Gasteiger charge is -2.23. The first-order chi connectivity index (χ1) is 8.18. The SMILES string of the molecule is CC(C)OC(=O)N1CCNCc2ccccc21. The first-order valence-electron chi connectivity index (χ1n) is 5.95. The minimum atomic E-state index is -0.267. The summed E-state index contributed by atoms with van der Waals surface area (Å²) in [6.07, 6.45) is -0.359. The van der Waals surface area contributed by atoms with Crippen molar-refractivity contribution in [2.75, 3.05) is 18.0 Å². The van der Waals surface area contributed by atoms with E-state index in [0.717, 1.165) is 24.3 Å². The Hall–Kier alpha value is -1.55. The van der Waals surface area contributed by atoms with Gasteiger partial charge in [0.15, 0.2) is 0 Å². The highest BCUT2D eigenvalue weighted by Gasteiger charge is 2.22. The molecule has 1 amide bonds. The molecule has 4 nitrogen and oxygen atoms in total. The molecule has 1 aliphatic rings. The van der Waals surface area contributed by atoms with Crippen molar-refractivity contribution in [2.24, 2.45) is 0 Å². The smallest absolute Gasteiger partial charge is 0.414 e. The summed E-state index contributed by atoms with van der Waals surface area (Å²) in [5, 5.41) is 3.29. The predicted molar refractivity (Wildman–Crippen MR) is 67.1 cm³/mol. The summed E-state index contributed by atoms with van der Waals surface area (Å²) in [5.74, 6) is 0. The first-order valence-corrected chi connectivity index (χ1v) is 5.95. The average Bonchev–Trinajstić information content (AvgIpc) is 2.50. The monoisotopic (exact) mass is 234 g/mol. The summed E-state index contributed by atoms with van der Waals surface area (Å²) in [5.41, 5.74) is 2.08. The molecule has 0 atom stereocenters. The van der Waals surface area contributed by atoms with Crippen molar-refractivity contribution in [2.45, 2.75) is 26.5 Å². The highest BCUT2D eigenvalue weighted by Crippen LogP contribution is 2.22. The number of hydrogen-bond acceptors (Lipinski definition) is 3. The van der Waals surface area contributed by atoms with Crippen molar-refractivity contribution in [3.63, 3.8) is 0 Å². The van der Waals surface area contributed by atoms with E-state index in [2.05, 4.69) is 5.32 Å². The summed E-state index contributed by atoms with van der Waals surface area (Å²) in [6, 6.07) is 7.92. The maximum atomic E-state index is 12.0. The van der Waals surface area contributed by atoms with Gasteiger partial charge in [0.05, 0.1) is 11.8 Å². The van der Waals surface area contributed by atoms with Crippen LogP contribution in [0.2, 0.25) is 0 Å². The van der Waals surface area contributed by atoms with Crippen LogP contribution in [0.25, 0.3) is 0 Å². The minimum Gasteiger partial charge on any atom is -0.446 e. The molecule has 17 heavy (non-hydrogen) atoms. The Kier molecular flexibility index (Phi) is 3.64. The lowest BCUT2D eigenvalue weighted by Crippen LogP contribution is -2.36. The van der Waals surface area contributed by atoms with Crippen molar-refractivity contribution in [3.8, 4) is 0 Å². The third-order valence-corrected chi connectivity index (χ3v) is 2.67. The molecule has 1 heterocycles. The zero-order valence-corrected chi connectivity index (χ0v) is 10.3. The van der Waals surface area contributed by atoms with Gasteiger partial charge in [-0.05, 0) is 25.5 Å². The lowest BCUT2D eigenvalue weighted by molar-refractivity contribution is 0.122. The molecule has 0 saturated carbocycles. The topological polar surface area (TPSA) is 41.6 Å². The quantitative estimate of drug-likeness (QED) is 0.809. The standard InChI is InChI=1S/C13H18N2O2/c1-10(2)17-13(16)15-8-7-14-9-11-5-3-4-6-12(11)15/h3-6,10,14H,7-9H2,1-2H3. The van der Waals surface area contributed by atoms with Crippen molar-refractivity contribution in [1.29, 1.82) is 0 Å². The molecule has 92 valence electrons. The van der Waals surface area contributed by atoms with Gasteiger partial charge in [-0.15, -0.1) is 0 Å². The van der Waals surface area contributed by atoms with Crippen molar-refractivity contribution in [3.05, 3.63) is 29.8 Å². The van der Waals surface area contributed by atoms with Crippen LogP contribution in [-0.2, 0) is 11.3 Å². The molecule has 2 rings (SSSR count). The van der Waals surface area contributed by atoms with Gasteiger partial charge < -0.3 is 10.1 Å². The van der Waals surface area contributed by atoms with Gasteiger partial charge in [0.1, 0.15) is 0 Å². The summed E-state index contributed by atoms with van der Waals surface area (Å²) in [7, 11) is 0. The minimum absolute atomic E-state index is 0.0918. The second kappa shape index (κ2) is 5.19. The van der Waals surface area contributed by atoms with E-state index in [0.29, 0.717) is 6.54 Å². The van der Waals surface area contributed by atoms with E-state index in [1.54, 1.807) is 4.90 Å². The normalized spacial score (nSPS) is 15.4. The molecule has 0 saturated heterocycles. The largest absolute Gasteiger partial charge is 0.446 e. The van der Waals surface area contributed by atoms with Gasteiger partial charge in [-0.1, -0.05) is 18.2 Å². The van der Waals surface area contributed by atoms with Crippen LogP contribution in [0.4, 0.5) is 10.5 Å². The number of nitrogens with zero attached hydrogens (tertiary/aromatic N) is 1. The average molecular weight is 234 g/mol. The Morgan fingerprint density at radius 2 is 2.18 bits per heavy atom. The van der Waals surface area contributed by atoms with E-state index < -0.39 is 0 Å². The van der Waals surface area contributed by atoms with Crippen LogP contribution in [0, 0.1) is 0 Å². The molecule has 0 unspecified atom stereocenters. The summed E-state index contributed by atoms with van der Waals surface area (Å²) >= 11 is 0. The van der Waals surface area contributed by atoms with Crippen LogP contribution >= 0.6 is 0 Å². The second-order valence-corrected chi connectivity index (χ2v) is 4.39. The summed E-state index contributed by atoms with van der Waals surface area (Å²) in [4.78, 5) is 13.7. The molecule has 0 aromatic heterocycles. The number of rotatable bonds is 1. The number of para-hydroxylation sites is 1. The van der Waals surface area contributed by atoms with E-state index >= 15 is 0 Å².